The third kappa shape index (κ3) is 3.73. The molecule has 0 unspecified atom stereocenters. The average molecular weight is 340 g/mol. The Kier molecular flexibility index (Phi) is 5.16. The van der Waals surface area contributed by atoms with Crippen LogP contribution in [-0.4, -0.2) is 34.9 Å². The molecule has 1 aromatic carbocycles. The van der Waals surface area contributed by atoms with Crippen molar-refractivity contribution in [3.63, 3.8) is 0 Å². The highest BCUT2D eigenvalue weighted by atomic mass is 16.2. The van der Waals surface area contributed by atoms with E-state index in [2.05, 4.69) is 27.4 Å². The summed E-state index contributed by atoms with van der Waals surface area (Å²) >= 11 is 0. The van der Waals surface area contributed by atoms with Crippen LogP contribution in [0.2, 0.25) is 0 Å². The summed E-state index contributed by atoms with van der Waals surface area (Å²) in [5.41, 5.74) is 1.31. The van der Waals surface area contributed by atoms with E-state index in [-0.39, 0.29) is 23.8 Å². The van der Waals surface area contributed by atoms with E-state index < -0.39 is 0 Å². The molecule has 3 rings (SSSR count). The minimum atomic E-state index is -0.154. The van der Waals surface area contributed by atoms with Crippen LogP contribution in [0.5, 0.6) is 0 Å². The lowest BCUT2D eigenvalue weighted by Crippen LogP contribution is -2.48. The van der Waals surface area contributed by atoms with Crippen molar-refractivity contribution >= 4 is 17.6 Å². The Morgan fingerprint density at radius 1 is 1.28 bits per heavy atom. The quantitative estimate of drug-likeness (QED) is 0.812. The SMILES string of the molecule is CCC(=O)N(CC(=O)NCC1(c2ccccc2)CCC1)c1cnc[nH]1. The third-order valence-electron chi connectivity index (χ3n) is 5.00. The predicted molar refractivity (Wildman–Crippen MR) is 96.2 cm³/mol. The van der Waals surface area contributed by atoms with Gasteiger partial charge in [0.15, 0.2) is 0 Å². The molecule has 0 atom stereocenters. The lowest BCUT2D eigenvalue weighted by atomic mass is 9.64. The Morgan fingerprint density at radius 2 is 2.04 bits per heavy atom. The zero-order chi connectivity index (χ0) is 17.7. The van der Waals surface area contributed by atoms with Crippen LogP contribution >= 0.6 is 0 Å². The molecule has 1 aliphatic carbocycles. The van der Waals surface area contributed by atoms with Crippen molar-refractivity contribution in [3.8, 4) is 0 Å². The minimum Gasteiger partial charge on any atom is -0.354 e. The fraction of sp³-hybridized carbons (Fsp3) is 0.421. The van der Waals surface area contributed by atoms with Crippen molar-refractivity contribution in [2.45, 2.75) is 38.0 Å². The molecule has 2 N–H and O–H groups in total. The fourth-order valence-corrected chi connectivity index (χ4v) is 3.32. The van der Waals surface area contributed by atoms with Gasteiger partial charge < -0.3 is 10.3 Å². The van der Waals surface area contributed by atoms with Gasteiger partial charge >= 0.3 is 0 Å². The molecule has 2 amide bonds. The summed E-state index contributed by atoms with van der Waals surface area (Å²) in [7, 11) is 0. The highest BCUT2D eigenvalue weighted by molar-refractivity contribution is 5.97. The minimum absolute atomic E-state index is 0.000262. The van der Waals surface area contributed by atoms with Crippen molar-refractivity contribution in [1.82, 2.24) is 15.3 Å². The molecule has 2 aromatic rings. The summed E-state index contributed by atoms with van der Waals surface area (Å²) in [5, 5.41) is 3.03. The van der Waals surface area contributed by atoms with E-state index in [0.29, 0.717) is 18.8 Å². The van der Waals surface area contributed by atoms with E-state index in [4.69, 9.17) is 0 Å². The van der Waals surface area contributed by atoms with Crippen LogP contribution in [0.25, 0.3) is 0 Å². The Labute approximate surface area is 147 Å². The second-order valence-corrected chi connectivity index (χ2v) is 6.55. The van der Waals surface area contributed by atoms with Gasteiger partial charge in [0, 0.05) is 18.4 Å². The lowest BCUT2D eigenvalue weighted by molar-refractivity contribution is -0.124. The number of imidazole rings is 1. The number of carbonyl (C=O) groups excluding carboxylic acids is 2. The molecule has 132 valence electrons. The molecule has 1 saturated carbocycles. The standard InChI is InChI=1S/C19H24N4O2/c1-2-18(25)23(16-11-20-14-22-16)12-17(24)21-13-19(9-6-10-19)15-7-4-3-5-8-15/h3-5,7-8,11,14H,2,6,9-10,12-13H2,1H3,(H,20,22)(H,21,24). The van der Waals surface area contributed by atoms with Gasteiger partial charge in [0.2, 0.25) is 11.8 Å². The molecule has 1 aliphatic rings. The number of aromatic amines is 1. The number of benzene rings is 1. The summed E-state index contributed by atoms with van der Waals surface area (Å²) in [6.07, 6.45) is 6.73. The average Bonchev–Trinajstić information content (AvgIpc) is 3.13. The number of hydrogen-bond donors (Lipinski definition) is 2. The van der Waals surface area contributed by atoms with Gasteiger partial charge in [0.05, 0.1) is 12.5 Å². The summed E-state index contributed by atoms with van der Waals surface area (Å²) in [5.74, 6) is 0.280. The number of carbonyl (C=O) groups is 2. The van der Waals surface area contributed by atoms with Gasteiger partial charge in [-0.3, -0.25) is 14.5 Å². The van der Waals surface area contributed by atoms with E-state index in [1.165, 1.54) is 23.2 Å². The van der Waals surface area contributed by atoms with Crippen LogP contribution in [0, 0.1) is 0 Å². The fourth-order valence-electron chi connectivity index (χ4n) is 3.32. The van der Waals surface area contributed by atoms with Gasteiger partial charge in [0.1, 0.15) is 12.4 Å². The molecule has 1 aromatic heterocycles. The van der Waals surface area contributed by atoms with Crippen LogP contribution in [-0.2, 0) is 15.0 Å². The second kappa shape index (κ2) is 7.51. The zero-order valence-corrected chi connectivity index (χ0v) is 14.5. The van der Waals surface area contributed by atoms with Crippen LogP contribution in [0.3, 0.4) is 0 Å². The molecule has 6 nitrogen and oxygen atoms in total. The Balaban J connectivity index is 1.63. The van der Waals surface area contributed by atoms with E-state index in [9.17, 15) is 9.59 Å². The maximum atomic E-state index is 12.4. The van der Waals surface area contributed by atoms with Crippen LogP contribution in [0.4, 0.5) is 5.82 Å². The summed E-state index contributed by atoms with van der Waals surface area (Å²) < 4.78 is 0. The highest BCUT2D eigenvalue weighted by Crippen LogP contribution is 2.43. The number of amides is 2. The van der Waals surface area contributed by atoms with E-state index in [1.54, 1.807) is 13.1 Å². The molecule has 0 saturated heterocycles. The van der Waals surface area contributed by atoms with Crippen molar-refractivity contribution < 1.29 is 9.59 Å². The van der Waals surface area contributed by atoms with Gasteiger partial charge in [-0.15, -0.1) is 0 Å². The number of H-pyrrole nitrogens is 1. The Morgan fingerprint density at radius 3 is 2.60 bits per heavy atom. The Bertz CT molecular complexity index is 708. The second-order valence-electron chi connectivity index (χ2n) is 6.55. The van der Waals surface area contributed by atoms with E-state index >= 15 is 0 Å². The first kappa shape index (κ1) is 17.2. The normalized spacial score (nSPS) is 15.2. The number of nitrogens with one attached hydrogen (secondary N) is 2. The third-order valence-corrected chi connectivity index (χ3v) is 5.00. The first-order chi connectivity index (χ1) is 12.1. The molecule has 1 heterocycles. The van der Waals surface area contributed by atoms with Gasteiger partial charge in [-0.2, -0.15) is 0 Å². The molecule has 0 aliphatic heterocycles. The number of aromatic nitrogens is 2. The monoisotopic (exact) mass is 340 g/mol. The smallest absolute Gasteiger partial charge is 0.240 e. The van der Waals surface area contributed by atoms with Crippen LogP contribution in [0.1, 0.15) is 38.2 Å². The maximum absolute atomic E-state index is 12.4. The summed E-state index contributed by atoms with van der Waals surface area (Å²) in [6.45, 7) is 2.38. The molecule has 25 heavy (non-hydrogen) atoms. The molecular weight excluding hydrogens is 316 g/mol. The summed E-state index contributed by atoms with van der Waals surface area (Å²) in [4.78, 5) is 32.9. The zero-order valence-electron chi connectivity index (χ0n) is 14.5. The van der Waals surface area contributed by atoms with Gasteiger partial charge in [-0.25, -0.2) is 4.98 Å². The molecule has 0 radical (unpaired) electrons. The van der Waals surface area contributed by atoms with Crippen LogP contribution in [0.15, 0.2) is 42.9 Å². The van der Waals surface area contributed by atoms with E-state index in [0.717, 1.165) is 12.8 Å². The van der Waals surface area contributed by atoms with Gasteiger partial charge in [-0.05, 0) is 18.4 Å². The van der Waals surface area contributed by atoms with E-state index in [1.807, 2.05) is 18.2 Å². The number of nitrogens with zero attached hydrogens (tertiary/aromatic N) is 2. The molecular formula is C19H24N4O2. The molecule has 0 bridgehead atoms. The van der Waals surface area contributed by atoms with Crippen molar-refractivity contribution in [3.05, 3.63) is 48.4 Å². The Hall–Kier alpha value is -2.63. The first-order valence-electron chi connectivity index (χ1n) is 8.75. The highest BCUT2D eigenvalue weighted by Gasteiger charge is 2.38. The van der Waals surface area contributed by atoms with Gasteiger partial charge in [0.25, 0.3) is 0 Å². The number of anilines is 1. The predicted octanol–water partition coefficient (Wildman–Crippen LogP) is 2.39. The first-order valence-corrected chi connectivity index (χ1v) is 8.75. The topological polar surface area (TPSA) is 78.1 Å². The largest absolute Gasteiger partial charge is 0.354 e. The van der Waals surface area contributed by atoms with Crippen molar-refractivity contribution in [1.29, 1.82) is 0 Å². The van der Waals surface area contributed by atoms with Crippen molar-refractivity contribution in [2.75, 3.05) is 18.0 Å². The number of rotatable bonds is 7. The van der Waals surface area contributed by atoms with Crippen LogP contribution < -0.4 is 10.2 Å². The number of hydrogen-bond acceptors (Lipinski definition) is 3. The lowest BCUT2D eigenvalue weighted by Gasteiger charge is -2.42. The maximum Gasteiger partial charge on any atom is 0.240 e. The molecule has 6 heteroatoms. The van der Waals surface area contributed by atoms with Crippen molar-refractivity contribution in [2.24, 2.45) is 0 Å². The molecule has 0 spiro atoms. The van der Waals surface area contributed by atoms with Gasteiger partial charge in [-0.1, -0.05) is 43.7 Å². The molecule has 1 fully saturated rings. The summed E-state index contributed by atoms with van der Waals surface area (Å²) in [6, 6.07) is 10.3.